The topological polar surface area (TPSA) is 66.9 Å². The number of hydrogen-bond acceptors (Lipinski definition) is 4. The highest BCUT2D eigenvalue weighted by Crippen LogP contribution is 2.18. The van der Waals surface area contributed by atoms with Gasteiger partial charge in [-0.1, -0.05) is 36.4 Å². The monoisotopic (exact) mass is 402 g/mol. The van der Waals surface area contributed by atoms with Crippen LogP contribution in [-0.4, -0.2) is 56.3 Å². The molecular weight excluding hydrogens is 376 g/mol. The van der Waals surface area contributed by atoms with Crippen LogP contribution < -0.4 is 4.74 Å². The molecule has 1 saturated heterocycles. The molecule has 0 N–H and O–H groups in total. The van der Waals surface area contributed by atoms with Gasteiger partial charge in [0.1, 0.15) is 5.75 Å². The first-order valence-corrected chi connectivity index (χ1v) is 10.9. The zero-order valence-corrected chi connectivity index (χ0v) is 16.9. The van der Waals surface area contributed by atoms with Gasteiger partial charge in [-0.25, -0.2) is 8.42 Å². The third kappa shape index (κ3) is 4.91. The van der Waals surface area contributed by atoms with Crippen LogP contribution in [-0.2, 0) is 14.8 Å². The predicted molar refractivity (Wildman–Crippen MR) is 108 cm³/mol. The second kappa shape index (κ2) is 9.21. The molecule has 0 radical (unpaired) electrons. The van der Waals surface area contributed by atoms with Crippen LogP contribution in [0.1, 0.15) is 18.4 Å². The van der Waals surface area contributed by atoms with Crippen molar-refractivity contribution >= 4 is 15.9 Å². The number of aryl methyl sites for hydroxylation is 1. The number of piperazine rings is 1. The van der Waals surface area contributed by atoms with Crippen LogP contribution in [0.5, 0.6) is 5.75 Å². The summed E-state index contributed by atoms with van der Waals surface area (Å²) < 4.78 is 32.5. The second-order valence-corrected chi connectivity index (χ2v) is 8.75. The summed E-state index contributed by atoms with van der Waals surface area (Å²) in [7, 11) is -3.49. The standard InChI is InChI=1S/C21H26N2O4S/c1-18-8-5-6-11-20(18)27-17-7-12-21(24)22-13-15-23(16-14-22)28(25,26)19-9-3-2-4-10-19/h2-6,8-11H,7,12-17H2,1H3. The predicted octanol–water partition coefficient (Wildman–Crippen LogP) is 2.69. The van der Waals surface area contributed by atoms with E-state index in [4.69, 9.17) is 4.74 Å². The molecule has 0 unspecified atom stereocenters. The van der Waals surface area contributed by atoms with Crippen LogP contribution in [0.3, 0.4) is 0 Å². The van der Waals surface area contributed by atoms with Gasteiger partial charge in [0.2, 0.25) is 15.9 Å². The largest absolute Gasteiger partial charge is 0.493 e. The molecular formula is C21H26N2O4S. The highest BCUT2D eigenvalue weighted by molar-refractivity contribution is 7.89. The number of para-hydroxylation sites is 1. The number of sulfonamides is 1. The van der Waals surface area contributed by atoms with E-state index in [1.165, 1.54) is 4.31 Å². The van der Waals surface area contributed by atoms with Crippen molar-refractivity contribution in [1.29, 1.82) is 0 Å². The molecule has 1 amide bonds. The maximum absolute atomic E-state index is 12.6. The Kier molecular flexibility index (Phi) is 6.70. The fraction of sp³-hybridized carbons (Fsp3) is 0.381. The molecule has 1 heterocycles. The first-order chi connectivity index (χ1) is 13.5. The minimum atomic E-state index is -3.49. The Balaban J connectivity index is 1.43. The zero-order chi connectivity index (χ0) is 20.0. The minimum Gasteiger partial charge on any atom is -0.493 e. The lowest BCUT2D eigenvalue weighted by Gasteiger charge is -2.34. The zero-order valence-electron chi connectivity index (χ0n) is 16.1. The van der Waals surface area contributed by atoms with Crippen molar-refractivity contribution in [3.05, 3.63) is 60.2 Å². The Bertz CT molecular complexity index is 892. The Morgan fingerprint density at radius 3 is 2.29 bits per heavy atom. The fourth-order valence-corrected chi connectivity index (χ4v) is 4.64. The second-order valence-electron chi connectivity index (χ2n) is 6.82. The Morgan fingerprint density at radius 2 is 1.61 bits per heavy atom. The number of benzene rings is 2. The number of nitrogens with zero attached hydrogens (tertiary/aromatic N) is 2. The van der Waals surface area contributed by atoms with E-state index in [0.29, 0.717) is 50.5 Å². The SMILES string of the molecule is Cc1ccccc1OCCCC(=O)N1CCN(S(=O)(=O)c2ccccc2)CC1. The number of hydrogen-bond donors (Lipinski definition) is 0. The average molecular weight is 403 g/mol. The Labute approximate surface area is 166 Å². The summed E-state index contributed by atoms with van der Waals surface area (Å²) in [6.07, 6.45) is 1.03. The van der Waals surface area contributed by atoms with Gasteiger partial charge in [0.15, 0.2) is 0 Å². The summed E-state index contributed by atoms with van der Waals surface area (Å²) in [6, 6.07) is 16.2. The molecule has 1 aliphatic heterocycles. The van der Waals surface area contributed by atoms with Gasteiger partial charge in [-0.15, -0.1) is 0 Å². The maximum atomic E-state index is 12.6. The molecule has 150 valence electrons. The van der Waals surface area contributed by atoms with Gasteiger partial charge in [-0.05, 0) is 37.1 Å². The highest BCUT2D eigenvalue weighted by Gasteiger charge is 2.29. The molecule has 3 rings (SSSR count). The van der Waals surface area contributed by atoms with E-state index in [-0.39, 0.29) is 5.91 Å². The number of rotatable bonds is 7. The van der Waals surface area contributed by atoms with Crippen LogP contribution in [0.25, 0.3) is 0 Å². The van der Waals surface area contributed by atoms with E-state index < -0.39 is 10.0 Å². The summed E-state index contributed by atoms with van der Waals surface area (Å²) in [5.74, 6) is 0.889. The summed E-state index contributed by atoms with van der Waals surface area (Å²) in [5, 5.41) is 0. The molecule has 0 aliphatic carbocycles. The molecule has 6 nitrogen and oxygen atoms in total. The highest BCUT2D eigenvalue weighted by atomic mass is 32.2. The van der Waals surface area contributed by atoms with Crippen LogP contribution in [0.15, 0.2) is 59.5 Å². The van der Waals surface area contributed by atoms with Gasteiger partial charge < -0.3 is 9.64 Å². The third-order valence-corrected chi connectivity index (χ3v) is 6.77. The average Bonchev–Trinajstić information content (AvgIpc) is 2.73. The van der Waals surface area contributed by atoms with E-state index in [1.54, 1.807) is 35.2 Å². The van der Waals surface area contributed by atoms with Crippen LogP contribution in [0.4, 0.5) is 0 Å². The summed E-state index contributed by atoms with van der Waals surface area (Å²) in [4.78, 5) is 14.4. The van der Waals surface area contributed by atoms with E-state index in [0.717, 1.165) is 11.3 Å². The van der Waals surface area contributed by atoms with Crippen molar-refractivity contribution in [1.82, 2.24) is 9.21 Å². The lowest BCUT2D eigenvalue weighted by atomic mass is 10.2. The summed E-state index contributed by atoms with van der Waals surface area (Å²) in [6.45, 7) is 3.96. The van der Waals surface area contributed by atoms with Crippen LogP contribution in [0.2, 0.25) is 0 Å². The normalized spacial score (nSPS) is 15.4. The third-order valence-electron chi connectivity index (χ3n) is 4.86. The van der Waals surface area contributed by atoms with E-state index in [2.05, 4.69) is 0 Å². The van der Waals surface area contributed by atoms with Gasteiger partial charge in [0.25, 0.3) is 0 Å². The first-order valence-electron chi connectivity index (χ1n) is 9.50. The molecule has 0 aromatic heterocycles. The molecule has 0 bridgehead atoms. The van der Waals surface area contributed by atoms with Gasteiger partial charge >= 0.3 is 0 Å². The Hall–Kier alpha value is -2.38. The quantitative estimate of drug-likeness (QED) is 0.668. The van der Waals surface area contributed by atoms with Gasteiger partial charge in [0, 0.05) is 32.6 Å². The molecule has 2 aromatic rings. The van der Waals surface area contributed by atoms with E-state index in [1.807, 2.05) is 31.2 Å². The Morgan fingerprint density at radius 1 is 0.964 bits per heavy atom. The lowest BCUT2D eigenvalue weighted by molar-refractivity contribution is -0.132. The van der Waals surface area contributed by atoms with Gasteiger partial charge in [-0.3, -0.25) is 4.79 Å². The number of carbonyl (C=O) groups is 1. The summed E-state index contributed by atoms with van der Waals surface area (Å²) in [5.41, 5.74) is 1.07. The van der Waals surface area contributed by atoms with Crippen molar-refractivity contribution < 1.29 is 17.9 Å². The van der Waals surface area contributed by atoms with Crippen molar-refractivity contribution in [2.24, 2.45) is 0 Å². The minimum absolute atomic E-state index is 0.0464. The maximum Gasteiger partial charge on any atom is 0.243 e. The van der Waals surface area contributed by atoms with Crippen LogP contribution in [0, 0.1) is 6.92 Å². The lowest BCUT2D eigenvalue weighted by Crippen LogP contribution is -2.50. The summed E-state index contributed by atoms with van der Waals surface area (Å²) >= 11 is 0. The van der Waals surface area contributed by atoms with Crippen molar-refractivity contribution in [3.8, 4) is 5.75 Å². The first kappa shape index (κ1) is 20.4. The van der Waals surface area contributed by atoms with Crippen molar-refractivity contribution in [2.75, 3.05) is 32.8 Å². The molecule has 0 saturated carbocycles. The number of ether oxygens (including phenoxy) is 1. The molecule has 0 atom stereocenters. The van der Waals surface area contributed by atoms with Crippen molar-refractivity contribution in [2.45, 2.75) is 24.7 Å². The molecule has 28 heavy (non-hydrogen) atoms. The molecule has 1 aliphatic rings. The fourth-order valence-electron chi connectivity index (χ4n) is 3.20. The van der Waals surface area contributed by atoms with E-state index in [9.17, 15) is 13.2 Å². The number of carbonyl (C=O) groups excluding carboxylic acids is 1. The van der Waals surface area contributed by atoms with Gasteiger partial charge in [-0.2, -0.15) is 4.31 Å². The molecule has 7 heteroatoms. The molecule has 1 fully saturated rings. The van der Waals surface area contributed by atoms with Crippen molar-refractivity contribution in [3.63, 3.8) is 0 Å². The smallest absolute Gasteiger partial charge is 0.243 e. The van der Waals surface area contributed by atoms with Crippen LogP contribution >= 0.6 is 0 Å². The van der Waals surface area contributed by atoms with E-state index >= 15 is 0 Å². The molecule has 0 spiro atoms. The van der Waals surface area contributed by atoms with Gasteiger partial charge in [0.05, 0.1) is 11.5 Å². The molecule has 2 aromatic carbocycles. The number of amides is 1.